The maximum atomic E-state index is 13.6. The fourth-order valence-electron chi connectivity index (χ4n) is 5.40. The summed E-state index contributed by atoms with van der Waals surface area (Å²) < 4.78 is 30.8. The average molecular weight is 658 g/mol. The second-order valence-electron chi connectivity index (χ2n) is 10.6. The number of amides is 1. The van der Waals surface area contributed by atoms with Gasteiger partial charge in [0.1, 0.15) is 23.1 Å². The monoisotopic (exact) mass is 657 g/mol. The van der Waals surface area contributed by atoms with Gasteiger partial charge in [0.15, 0.2) is 6.29 Å². The van der Waals surface area contributed by atoms with Crippen LogP contribution in [0.1, 0.15) is 59.6 Å². The third-order valence-electron chi connectivity index (χ3n) is 7.57. The number of nitrogens with one attached hydrogen (secondary N) is 3. The van der Waals surface area contributed by atoms with Crippen molar-refractivity contribution < 1.29 is 48.3 Å². The van der Waals surface area contributed by atoms with Crippen LogP contribution in [0.15, 0.2) is 78.9 Å². The number of hydrogen-bond donors (Lipinski definition) is 7. The molecule has 2 aromatic heterocycles. The molecule has 1 atom stereocenters. The Morgan fingerprint density at radius 1 is 0.854 bits per heavy atom. The van der Waals surface area contributed by atoms with Crippen LogP contribution in [0, 0.1) is 11.6 Å². The van der Waals surface area contributed by atoms with Crippen LogP contribution >= 0.6 is 0 Å². The van der Waals surface area contributed by atoms with Gasteiger partial charge in [0, 0.05) is 49.9 Å². The van der Waals surface area contributed by atoms with Gasteiger partial charge in [-0.05, 0) is 84.4 Å². The van der Waals surface area contributed by atoms with Gasteiger partial charge in [-0.2, -0.15) is 0 Å². The van der Waals surface area contributed by atoms with E-state index in [-0.39, 0.29) is 47.6 Å². The van der Waals surface area contributed by atoms with Crippen molar-refractivity contribution in [2.24, 2.45) is 0 Å². The van der Waals surface area contributed by atoms with Crippen LogP contribution in [-0.2, 0) is 18.0 Å². The summed E-state index contributed by atoms with van der Waals surface area (Å²) in [4.78, 5) is 39.7. The van der Waals surface area contributed by atoms with E-state index in [0.29, 0.717) is 45.3 Å². The number of hydrogen-bond acceptors (Lipinski definition) is 8. The summed E-state index contributed by atoms with van der Waals surface area (Å²) in [6.07, 6.45) is 0.492. The van der Waals surface area contributed by atoms with Crippen LogP contribution in [-0.4, -0.2) is 55.7 Å². The van der Waals surface area contributed by atoms with E-state index in [2.05, 4.69) is 20.0 Å². The molecule has 1 amide bonds. The molecule has 11 nitrogen and oxygen atoms in total. The van der Waals surface area contributed by atoms with Crippen molar-refractivity contribution in [3.05, 3.63) is 130 Å². The first-order valence-electron chi connectivity index (χ1n) is 14.4. The highest BCUT2D eigenvalue weighted by Gasteiger charge is 2.33. The zero-order valence-corrected chi connectivity index (χ0v) is 25.3. The first kappa shape index (κ1) is 33.3. The molecule has 7 N–H and O–H groups in total. The van der Waals surface area contributed by atoms with Gasteiger partial charge < -0.3 is 40.4 Å². The van der Waals surface area contributed by atoms with E-state index < -0.39 is 17.8 Å². The van der Waals surface area contributed by atoms with E-state index in [4.69, 9.17) is 10.2 Å². The number of aromatic hydroxyl groups is 2. The highest BCUT2D eigenvalue weighted by Crippen LogP contribution is 2.38. The number of rotatable bonds is 5. The Bertz CT molecular complexity index is 2160. The second-order valence-corrected chi connectivity index (χ2v) is 10.6. The molecule has 6 aromatic rings. The molecule has 0 saturated heterocycles. The van der Waals surface area contributed by atoms with Crippen molar-refractivity contribution >= 4 is 40.0 Å². The minimum Gasteiger partial charge on any atom is -0.508 e. The largest absolute Gasteiger partial charge is 0.508 e. The van der Waals surface area contributed by atoms with Gasteiger partial charge in [-0.25, -0.2) is 13.6 Å². The summed E-state index contributed by atoms with van der Waals surface area (Å²) in [5.41, 5.74) is 4.68. The summed E-state index contributed by atoms with van der Waals surface area (Å²) in [5, 5.41) is 41.4. The smallest absolute Gasteiger partial charge is 0.338 e. The number of esters is 1. The lowest BCUT2D eigenvalue weighted by atomic mass is 9.95. The van der Waals surface area contributed by atoms with Crippen molar-refractivity contribution in [3.8, 4) is 11.5 Å². The van der Waals surface area contributed by atoms with Gasteiger partial charge in [0.05, 0.1) is 31.9 Å². The summed E-state index contributed by atoms with van der Waals surface area (Å²) in [5.74, 6) is -1.54. The zero-order chi connectivity index (χ0) is 34.5. The first-order chi connectivity index (χ1) is 23.1. The molecule has 0 aliphatic carbocycles. The lowest BCUT2D eigenvalue weighted by molar-refractivity contribution is 0.0598. The summed E-state index contributed by atoms with van der Waals surface area (Å²) in [6.45, 7) is -0.317. The van der Waals surface area contributed by atoms with E-state index in [1.165, 1.54) is 61.7 Å². The van der Waals surface area contributed by atoms with Gasteiger partial charge in [-0.15, -0.1) is 0 Å². The third kappa shape index (κ3) is 6.87. The number of aliphatic hydroxyl groups excluding tert-OH is 2. The molecule has 3 heterocycles. The van der Waals surface area contributed by atoms with E-state index in [1.54, 1.807) is 24.3 Å². The number of phenols is 2. The topological polar surface area (TPSA) is 185 Å². The molecular formula is C35H29F2N3O8. The summed E-state index contributed by atoms with van der Waals surface area (Å²) in [7, 11) is 1.23. The molecule has 0 spiro atoms. The number of carbonyl (C=O) groups is 3. The Balaban J connectivity index is 0.000000154. The Labute approximate surface area is 271 Å². The van der Waals surface area contributed by atoms with E-state index in [9.17, 15) is 33.4 Å². The zero-order valence-electron chi connectivity index (χ0n) is 25.3. The molecule has 0 bridgehead atoms. The number of ether oxygens (including phenoxy) is 1. The molecular weight excluding hydrogens is 628 g/mol. The van der Waals surface area contributed by atoms with Crippen LogP contribution in [0.5, 0.6) is 11.5 Å². The van der Waals surface area contributed by atoms with Gasteiger partial charge in [-0.3, -0.25) is 9.59 Å². The highest BCUT2D eigenvalue weighted by atomic mass is 19.1. The van der Waals surface area contributed by atoms with Gasteiger partial charge in [-0.1, -0.05) is 0 Å². The van der Waals surface area contributed by atoms with Crippen LogP contribution in [0.4, 0.5) is 8.78 Å². The summed E-state index contributed by atoms with van der Waals surface area (Å²) >= 11 is 0. The standard InChI is InChI=1S/C17H13FN2O3.C9H8FNO.C9H8O4/c18-8-1-4-13-12(5-8)15(14(7-21)19-13)16-11-6-9(22)2-3-10(11)17(23)20-16;10-7-1-2-9-6(3-7)4-8(5-12)11-9;1-13-9(12)8-3-2-7(11)4-6(8)5-10/h1-6,16,19,21-22H,7H2,(H,20,23);1-4,11-12H,5H2;2-5,11H,1H3. The normalized spacial score (nSPS) is 13.2. The SMILES string of the molecule is COC(=O)c1ccc(O)cc1C=O.O=C1NC(c2c(CO)[nH]c3ccc(F)cc23)c2cc(O)ccc21.OCc1cc2cc(F)ccc2[nH]1. The number of carbonyl (C=O) groups excluding carboxylic acids is 3. The minimum atomic E-state index is -0.595. The number of aromatic amines is 2. The van der Waals surface area contributed by atoms with Crippen molar-refractivity contribution in [1.29, 1.82) is 0 Å². The Kier molecular flexibility index (Phi) is 9.83. The number of methoxy groups -OCH3 is 1. The lowest BCUT2D eigenvalue weighted by Gasteiger charge is -2.13. The maximum Gasteiger partial charge on any atom is 0.338 e. The van der Waals surface area contributed by atoms with E-state index in [1.807, 2.05) is 0 Å². The van der Waals surface area contributed by atoms with Crippen LogP contribution in [0.2, 0.25) is 0 Å². The fourth-order valence-corrected chi connectivity index (χ4v) is 5.40. The molecule has 7 rings (SSSR count). The molecule has 246 valence electrons. The van der Waals surface area contributed by atoms with Gasteiger partial charge >= 0.3 is 5.97 Å². The average Bonchev–Trinajstić information content (AvgIpc) is 3.76. The molecule has 1 aliphatic rings. The van der Waals surface area contributed by atoms with Crippen LogP contribution < -0.4 is 5.32 Å². The first-order valence-corrected chi connectivity index (χ1v) is 14.4. The number of benzene rings is 4. The molecule has 0 radical (unpaired) electrons. The number of H-pyrrole nitrogens is 2. The summed E-state index contributed by atoms with van der Waals surface area (Å²) in [6, 6.07) is 18.3. The predicted molar refractivity (Wildman–Crippen MR) is 171 cm³/mol. The molecule has 0 fully saturated rings. The van der Waals surface area contributed by atoms with Crippen molar-refractivity contribution in [1.82, 2.24) is 15.3 Å². The van der Waals surface area contributed by atoms with Gasteiger partial charge in [0.2, 0.25) is 0 Å². The Hall–Kier alpha value is -6.05. The van der Waals surface area contributed by atoms with Crippen LogP contribution in [0.25, 0.3) is 21.8 Å². The van der Waals surface area contributed by atoms with E-state index in [0.717, 1.165) is 10.9 Å². The van der Waals surface area contributed by atoms with E-state index >= 15 is 0 Å². The molecule has 48 heavy (non-hydrogen) atoms. The molecule has 13 heteroatoms. The third-order valence-corrected chi connectivity index (χ3v) is 7.57. The van der Waals surface area contributed by atoms with Crippen molar-refractivity contribution in [2.45, 2.75) is 19.3 Å². The molecule has 4 aromatic carbocycles. The van der Waals surface area contributed by atoms with Crippen molar-refractivity contribution in [3.63, 3.8) is 0 Å². The minimum absolute atomic E-state index is 0.0434. The predicted octanol–water partition coefficient (Wildman–Crippen LogP) is 5.13. The lowest BCUT2D eigenvalue weighted by Crippen LogP contribution is -2.20. The number of aldehydes is 1. The van der Waals surface area contributed by atoms with Crippen molar-refractivity contribution in [2.75, 3.05) is 7.11 Å². The fraction of sp³-hybridized carbons (Fsp3) is 0.114. The maximum absolute atomic E-state index is 13.6. The number of halogens is 2. The number of fused-ring (bicyclic) bond motifs is 3. The Morgan fingerprint density at radius 3 is 2.23 bits per heavy atom. The Morgan fingerprint density at radius 2 is 1.54 bits per heavy atom. The van der Waals surface area contributed by atoms with Gasteiger partial charge in [0.25, 0.3) is 5.91 Å². The number of aliphatic hydroxyl groups is 2. The number of aromatic nitrogens is 2. The molecule has 1 aliphatic heterocycles. The molecule has 1 unspecified atom stereocenters. The quantitative estimate of drug-likeness (QED) is 0.0983. The molecule has 0 saturated carbocycles. The number of phenolic OH excluding ortho intramolecular Hbond substituents is 2. The van der Waals surface area contributed by atoms with Crippen LogP contribution in [0.3, 0.4) is 0 Å². The highest BCUT2D eigenvalue weighted by molar-refractivity contribution is 6.01. The second kappa shape index (κ2) is 14.2.